The highest BCUT2D eigenvalue weighted by atomic mass is 16.6. The number of hydrogen-bond acceptors (Lipinski definition) is 6. The van der Waals surface area contributed by atoms with Gasteiger partial charge >= 0.3 is 17.9 Å². The van der Waals surface area contributed by atoms with Crippen LogP contribution in [0.15, 0.2) is 97.2 Å². The van der Waals surface area contributed by atoms with Gasteiger partial charge in [-0.1, -0.05) is 323 Å². The summed E-state index contributed by atoms with van der Waals surface area (Å²) in [5, 5.41) is 0. The molecule has 1 atom stereocenters. The van der Waals surface area contributed by atoms with Crippen molar-refractivity contribution in [1.82, 2.24) is 0 Å². The van der Waals surface area contributed by atoms with Gasteiger partial charge in [-0.25, -0.2) is 0 Å². The van der Waals surface area contributed by atoms with E-state index in [1.165, 1.54) is 205 Å². The van der Waals surface area contributed by atoms with Crippen LogP contribution >= 0.6 is 0 Å². The molecule has 6 nitrogen and oxygen atoms in total. The van der Waals surface area contributed by atoms with E-state index >= 15 is 0 Å². The third-order valence-corrected chi connectivity index (χ3v) is 15.1. The second-order valence-electron chi connectivity index (χ2n) is 23.1. The van der Waals surface area contributed by atoms with Gasteiger partial charge in [0, 0.05) is 19.3 Å². The van der Waals surface area contributed by atoms with Gasteiger partial charge in [-0.05, 0) is 96.3 Å². The van der Waals surface area contributed by atoms with Gasteiger partial charge in [0.2, 0.25) is 0 Å². The van der Waals surface area contributed by atoms with Crippen LogP contribution in [0.3, 0.4) is 0 Å². The van der Waals surface area contributed by atoms with Gasteiger partial charge in [-0.2, -0.15) is 0 Å². The Morgan fingerprint density at radius 2 is 0.494 bits per heavy atom. The normalized spacial score (nSPS) is 12.7. The standard InChI is InChI=1S/C75H130O6/c1-4-7-10-13-16-19-22-25-28-31-33-35-37-39-41-44-47-50-53-56-59-62-65-68-74(77)80-71-72(70-79-73(76)67-64-61-58-55-52-49-46-43-30-27-24-21-18-15-12-9-6-3)81-75(78)69-66-63-60-57-54-51-48-45-42-40-38-36-34-32-29-26-23-20-17-14-11-8-5-2/h7,10,16,19,25,28,32-35,39,41,47,50,56,59,72H,4-6,8-9,11-15,17-18,20-24,26-27,29-31,36-38,40,42-46,48-49,51-55,57-58,60-71H2,1-3H3/b10-7-,19-16-,28-25-,34-32-,35-33-,41-39-,50-47-,59-56-. The van der Waals surface area contributed by atoms with Gasteiger partial charge in [0.1, 0.15) is 13.2 Å². The van der Waals surface area contributed by atoms with Gasteiger partial charge in [0.05, 0.1) is 0 Å². The van der Waals surface area contributed by atoms with E-state index in [1.807, 2.05) is 0 Å². The van der Waals surface area contributed by atoms with Crippen LogP contribution in [0.1, 0.15) is 342 Å². The summed E-state index contributed by atoms with van der Waals surface area (Å²) in [6, 6.07) is 0. The van der Waals surface area contributed by atoms with Crippen molar-refractivity contribution < 1.29 is 28.6 Å². The number of allylic oxidation sites excluding steroid dienone is 16. The van der Waals surface area contributed by atoms with Crippen LogP contribution in [0.5, 0.6) is 0 Å². The van der Waals surface area contributed by atoms with Crippen molar-refractivity contribution in [2.75, 3.05) is 13.2 Å². The van der Waals surface area contributed by atoms with E-state index in [0.717, 1.165) is 89.9 Å². The van der Waals surface area contributed by atoms with Crippen LogP contribution in [0.4, 0.5) is 0 Å². The first kappa shape index (κ1) is 77.3. The molecule has 0 aliphatic rings. The van der Waals surface area contributed by atoms with Crippen LogP contribution in [-0.2, 0) is 28.6 Å². The predicted octanol–water partition coefficient (Wildman–Crippen LogP) is 24.0. The molecule has 0 fully saturated rings. The Balaban J connectivity index is 4.44. The quantitative estimate of drug-likeness (QED) is 0.0261. The number of carbonyl (C=O) groups excluding carboxylic acids is 3. The van der Waals surface area contributed by atoms with Crippen molar-refractivity contribution in [3.63, 3.8) is 0 Å². The summed E-state index contributed by atoms with van der Waals surface area (Å²) >= 11 is 0. The molecule has 1 unspecified atom stereocenters. The largest absolute Gasteiger partial charge is 0.462 e. The maximum absolute atomic E-state index is 13.0. The van der Waals surface area contributed by atoms with E-state index < -0.39 is 6.10 Å². The molecule has 0 radical (unpaired) electrons. The van der Waals surface area contributed by atoms with E-state index in [2.05, 4.69) is 118 Å². The number of ether oxygens (including phenoxy) is 3. The Hall–Kier alpha value is -3.67. The van der Waals surface area contributed by atoms with Crippen molar-refractivity contribution in [1.29, 1.82) is 0 Å². The highest BCUT2D eigenvalue weighted by Gasteiger charge is 2.19. The number of unbranched alkanes of at least 4 members (excludes halogenated alkanes) is 36. The molecule has 81 heavy (non-hydrogen) atoms. The molecule has 466 valence electrons. The van der Waals surface area contributed by atoms with E-state index in [-0.39, 0.29) is 37.5 Å². The van der Waals surface area contributed by atoms with E-state index in [0.29, 0.717) is 19.3 Å². The molecule has 0 saturated heterocycles. The number of rotatable bonds is 63. The first-order chi connectivity index (χ1) is 40.0. The summed E-state index contributed by atoms with van der Waals surface area (Å²) in [5.74, 6) is -0.939. The molecule has 0 rings (SSSR count). The van der Waals surface area contributed by atoms with Crippen molar-refractivity contribution in [2.45, 2.75) is 348 Å². The Morgan fingerprint density at radius 3 is 0.815 bits per heavy atom. The summed E-state index contributed by atoms with van der Waals surface area (Å²) in [4.78, 5) is 38.4. The zero-order chi connectivity index (χ0) is 58.5. The Labute approximate surface area is 502 Å². The maximum Gasteiger partial charge on any atom is 0.306 e. The van der Waals surface area contributed by atoms with Crippen LogP contribution in [0.2, 0.25) is 0 Å². The summed E-state index contributed by atoms with van der Waals surface area (Å²) < 4.78 is 16.9. The molecule has 0 saturated carbocycles. The molecule has 0 aliphatic carbocycles. The van der Waals surface area contributed by atoms with Crippen molar-refractivity contribution >= 4 is 17.9 Å². The summed E-state index contributed by atoms with van der Waals surface area (Å²) in [6.07, 6.45) is 92.9. The first-order valence-electron chi connectivity index (χ1n) is 34.7. The van der Waals surface area contributed by atoms with Crippen LogP contribution in [-0.4, -0.2) is 37.2 Å². The lowest BCUT2D eigenvalue weighted by molar-refractivity contribution is -0.167. The van der Waals surface area contributed by atoms with Gasteiger partial charge in [-0.15, -0.1) is 0 Å². The van der Waals surface area contributed by atoms with Crippen molar-refractivity contribution in [3.8, 4) is 0 Å². The lowest BCUT2D eigenvalue weighted by Gasteiger charge is -2.18. The van der Waals surface area contributed by atoms with Crippen LogP contribution in [0, 0.1) is 0 Å². The second kappa shape index (κ2) is 68.8. The minimum absolute atomic E-state index is 0.0927. The molecule has 0 amide bonds. The second-order valence-corrected chi connectivity index (χ2v) is 23.1. The molecule has 0 aromatic heterocycles. The van der Waals surface area contributed by atoms with Crippen LogP contribution < -0.4 is 0 Å². The Kier molecular flexibility index (Phi) is 65.7. The zero-order valence-electron chi connectivity index (χ0n) is 53.5. The van der Waals surface area contributed by atoms with Crippen molar-refractivity contribution in [2.24, 2.45) is 0 Å². The maximum atomic E-state index is 13.0. The molecule has 0 bridgehead atoms. The fourth-order valence-electron chi connectivity index (χ4n) is 9.90. The summed E-state index contributed by atoms with van der Waals surface area (Å²) in [6.45, 7) is 6.53. The number of carbonyl (C=O) groups is 3. The Morgan fingerprint density at radius 1 is 0.259 bits per heavy atom. The fourth-order valence-corrected chi connectivity index (χ4v) is 9.90. The predicted molar refractivity (Wildman–Crippen MR) is 353 cm³/mol. The molecule has 0 spiro atoms. The SMILES string of the molecule is CC/C=C\C/C=C\C/C=C\C/C=C\C/C=C\C/C=C\C/C=C\CCCC(=O)OCC(COC(=O)CCCCCCCCCCCCCCCCCCC)OC(=O)CCCCCCCCCCCCC/C=C\CCCCCCCCCC. The molecule has 6 heteroatoms. The highest BCUT2D eigenvalue weighted by molar-refractivity contribution is 5.71. The molecule has 0 aromatic rings. The zero-order valence-corrected chi connectivity index (χ0v) is 53.5. The molecule has 0 aromatic carbocycles. The van der Waals surface area contributed by atoms with Gasteiger partial charge in [0.15, 0.2) is 6.10 Å². The topological polar surface area (TPSA) is 78.9 Å². The molecule has 0 heterocycles. The average molecular weight is 1130 g/mol. The molecule has 0 aliphatic heterocycles. The van der Waals surface area contributed by atoms with Gasteiger partial charge < -0.3 is 14.2 Å². The average Bonchev–Trinajstić information content (AvgIpc) is 3.47. The van der Waals surface area contributed by atoms with E-state index in [1.54, 1.807) is 0 Å². The summed E-state index contributed by atoms with van der Waals surface area (Å²) in [7, 11) is 0. The highest BCUT2D eigenvalue weighted by Crippen LogP contribution is 2.17. The third kappa shape index (κ3) is 67.0. The lowest BCUT2D eigenvalue weighted by atomic mass is 10.0. The van der Waals surface area contributed by atoms with Crippen molar-refractivity contribution in [3.05, 3.63) is 97.2 Å². The number of hydrogen-bond donors (Lipinski definition) is 0. The smallest absolute Gasteiger partial charge is 0.306 e. The van der Waals surface area contributed by atoms with E-state index in [9.17, 15) is 14.4 Å². The summed E-state index contributed by atoms with van der Waals surface area (Å²) in [5.41, 5.74) is 0. The van der Waals surface area contributed by atoms with E-state index in [4.69, 9.17) is 14.2 Å². The molecular weight excluding hydrogens is 997 g/mol. The van der Waals surface area contributed by atoms with Crippen LogP contribution in [0.25, 0.3) is 0 Å². The number of esters is 3. The third-order valence-electron chi connectivity index (χ3n) is 15.1. The van der Waals surface area contributed by atoms with Gasteiger partial charge in [0.25, 0.3) is 0 Å². The minimum atomic E-state index is -0.803. The lowest BCUT2D eigenvalue weighted by Crippen LogP contribution is -2.30. The Bertz CT molecular complexity index is 1580. The molecular formula is C75H130O6. The molecule has 0 N–H and O–H groups in total. The fraction of sp³-hybridized carbons (Fsp3) is 0.747. The minimum Gasteiger partial charge on any atom is -0.462 e. The first-order valence-corrected chi connectivity index (χ1v) is 34.7. The van der Waals surface area contributed by atoms with Gasteiger partial charge in [-0.3, -0.25) is 14.4 Å². The monoisotopic (exact) mass is 1130 g/mol.